The molecule has 1 aromatic carbocycles. The Labute approximate surface area is 147 Å². The predicted octanol–water partition coefficient (Wildman–Crippen LogP) is 3.04. The van der Waals surface area contributed by atoms with Crippen LogP contribution < -0.4 is 5.73 Å². The number of rotatable bonds is 5. The molecule has 2 heterocycles. The number of hydrogen-bond donors (Lipinski definition) is 1. The first-order valence-corrected chi connectivity index (χ1v) is 7.99. The minimum Gasteiger partial charge on any atom is -0.394 e. The van der Waals surface area contributed by atoms with Crippen LogP contribution in [0.2, 0.25) is 0 Å². The van der Waals surface area contributed by atoms with E-state index in [0.29, 0.717) is 17.4 Å². The van der Waals surface area contributed by atoms with Crippen LogP contribution in [0.25, 0.3) is 22.7 Å². The summed E-state index contributed by atoms with van der Waals surface area (Å²) in [5.74, 6) is 0.846. The lowest BCUT2D eigenvalue weighted by molar-refractivity contribution is 0.402. The minimum absolute atomic E-state index is 0.321. The van der Waals surface area contributed by atoms with E-state index >= 15 is 0 Å². The predicted molar refractivity (Wildman–Crippen MR) is 98.0 cm³/mol. The molecule has 3 rings (SSSR count). The maximum Gasteiger partial charge on any atom is 0.274 e. The average molecular weight is 335 g/mol. The van der Waals surface area contributed by atoms with Gasteiger partial charge in [-0.2, -0.15) is 4.98 Å². The summed E-state index contributed by atoms with van der Waals surface area (Å²) in [5, 5.41) is 4.05. The van der Waals surface area contributed by atoms with Crippen LogP contribution in [0.5, 0.6) is 0 Å². The van der Waals surface area contributed by atoms with E-state index in [1.165, 1.54) is 5.56 Å². The van der Waals surface area contributed by atoms with Crippen molar-refractivity contribution in [1.29, 1.82) is 0 Å². The second-order valence-corrected chi connectivity index (χ2v) is 6.13. The monoisotopic (exact) mass is 335 g/mol. The van der Waals surface area contributed by atoms with E-state index in [1.54, 1.807) is 12.4 Å². The van der Waals surface area contributed by atoms with Gasteiger partial charge in [0.2, 0.25) is 5.82 Å². The fraction of sp³-hybridized carbons (Fsp3) is 0.211. The maximum atomic E-state index is 6.20. The van der Waals surface area contributed by atoms with Crippen LogP contribution in [0.4, 0.5) is 0 Å². The van der Waals surface area contributed by atoms with Crippen molar-refractivity contribution in [2.24, 2.45) is 5.73 Å². The SMILES string of the molecule is C/C(=C(\N)c1nc(-c2ccc(CN(C)C)cc2)no1)c1ccncc1. The molecule has 0 aliphatic rings. The van der Waals surface area contributed by atoms with Gasteiger partial charge in [-0.25, -0.2) is 0 Å². The van der Waals surface area contributed by atoms with Crippen molar-refractivity contribution in [1.82, 2.24) is 20.0 Å². The summed E-state index contributed by atoms with van der Waals surface area (Å²) in [6, 6.07) is 11.9. The van der Waals surface area contributed by atoms with Crippen LogP contribution in [0, 0.1) is 0 Å². The lowest BCUT2D eigenvalue weighted by atomic mass is 10.1. The van der Waals surface area contributed by atoms with E-state index in [9.17, 15) is 0 Å². The molecule has 0 amide bonds. The Kier molecular flexibility index (Phi) is 4.90. The minimum atomic E-state index is 0.321. The molecule has 0 saturated carbocycles. The van der Waals surface area contributed by atoms with Crippen LogP contribution in [-0.4, -0.2) is 34.1 Å². The van der Waals surface area contributed by atoms with Crippen molar-refractivity contribution in [3.8, 4) is 11.4 Å². The molecule has 0 radical (unpaired) electrons. The Bertz CT molecular complexity index is 866. The molecule has 0 spiro atoms. The van der Waals surface area contributed by atoms with Crippen molar-refractivity contribution in [3.63, 3.8) is 0 Å². The second kappa shape index (κ2) is 7.27. The van der Waals surface area contributed by atoms with Crippen molar-refractivity contribution < 1.29 is 4.52 Å². The van der Waals surface area contributed by atoms with Crippen molar-refractivity contribution in [2.75, 3.05) is 14.1 Å². The van der Waals surface area contributed by atoms with E-state index in [2.05, 4.69) is 32.2 Å². The highest BCUT2D eigenvalue weighted by molar-refractivity contribution is 5.85. The highest BCUT2D eigenvalue weighted by atomic mass is 16.5. The Morgan fingerprint density at radius 3 is 2.40 bits per heavy atom. The van der Waals surface area contributed by atoms with E-state index < -0.39 is 0 Å². The van der Waals surface area contributed by atoms with Gasteiger partial charge in [-0.3, -0.25) is 4.98 Å². The third-order valence-electron chi connectivity index (χ3n) is 3.88. The van der Waals surface area contributed by atoms with Crippen LogP contribution in [0.3, 0.4) is 0 Å². The average Bonchev–Trinajstić information content (AvgIpc) is 3.11. The standard InChI is InChI=1S/C19H21N5O/c1-13(15-8-10-21-11-9-15)17(20)19-22-18(23-25-19)16-6-4-14(5-7-16)12-24(2)3/h4-11H,12,20H2,1-3H3/b17-13+. The van der Waals surface area contributed by atoms with Gasteiger partial charge in [0, 0.05) is 24.5 Å². The van der Waals surface area contributed by atoms with E-state index in [4.69, 9.17) is 10.3 Å². The van der Waals surface area contributed by atoms with E-state index in [0.717, 1.165) is 23.2 Å². The first-order chi connectivity index (χ1) is 12.0. The fourth-order valence-electron chi connectivity index (χ4n) is 2.49. The number of benzene rings is 1. The fourth-order valence-corrected chi connectivity index (χ4v) is 2.49. The first kappa shape index (κ1) is 16.9. The first-order valence-electron chi connectivity index (χ1n) is 7.99. The maximum absolute atomic E-state index is 6.20. The Hall–Kier alpha value is -2.99. The number of allylic oxidation sites excluding steroid dienone is 1. The van der Waals surface area contributed by atoms with Gasteiger partial charge in [-0.1, -0.05) is 29.4 Å². The zero-order valence-electron chi connectivity index (χ0n) is 14.6. The molecule has 0 bridgehead atoms. The van der Waals surface area contributed by atoms with Gasteiger partial charge in [-0.15, -0.1) is 0 Å². The smallest absolute Gasteiger partial charge is 0.274 e. The van der Waals surface area contributed by atoms with Gasteiger partial charge in [-0.05, 0) is 49.9 Å². The van der Waals surface area contributed by atoms with Crippen molar-refractivity contribution in [2.45, 2.75) is 13.5 Å². The molecule has 0 aliphatic carbocycles. The molecule has 6 nitrogen and oxygen atoms in total. The van der Waals surface area contributed by atoms with Crippen molar-refractivity contribution in [3.05, 3.63) is 65.8 Å². The summed E-state index contributed by atoms with van der Waals surface area (Å²) in [5.41, 5.74) is 10.6. The largest absolute Gasteiger partial charge is 0.394 e. The molecule has 0 unspecified atom stereocenters. The Balaban J connectivity index is 1.85. The quantitative estimate of drug-likeness (QED) is 0.772. The lowest BCUT2D eigenvalue weighted by Crippen LogP contribution is -2.10. The zero-order chi connectivity index (χ0) is 17.8. The molecule has 3 aromatic rings. The topological polar surface area (TPSA) is 81.1 Å². The molecule has 25 heavy (non-hydrogen) atoms. The van der Waals surface area contributed by atoms with Crippen LogP contribution in [0.15, 0.2) is 53.3 Å². The zero-order valence-corrected chi connectivity index (χ0v) is 14.6. The van der Waals surface area contributed by atoms with E-state index in [-0.39, 0.29) is 0 Å². The molecule has 0 atom stereocenters. The Morgan fingerprint density at radius 1 is 1.08 bits per heavy atom. The highest BCUT2D eigenvalue weighted by Crippen LogP contribution is 2.23. The normalized spacial score (nSPS) is 12.3. The molecule has 2 N–H and O–H groups in total. The van der Waals surface area contributed by atoms with E-state index in [1.807, 2.05) is 45.3 Å². The summed E-state index contributed by atoms with van der Waals surface area (Å²) in [6.07, 6.45) is 3.45. The van der Waals surface area contributed by atoms with Crippen LogP contribution in [-0.2, 0) is 6.54 Å². The summed E-state index contributed by atoms with van der Waals surface area (Å²) in [7, 11) is 4.08. The molecule has 6 heteroatoms. The number of nitrogens with zero attached hydrogens (tertiary/aromatic N) is 4. The summed E-state index contributed by atoms with van der Waals surface area (Å²) in [4.78, 5) is 10.6. The lowest BCUT2D eigenvalue weighted by Gasteiger charge is -2.09. The molecule has 2 aromatic heterocycles. The van der Waals surface area contributed by atoms with Crippen molar-refractivity contribution >= 4 is 11.3 Å². The third-order valence-corrected chi connectivity index (χ3v) is 3.88. The molecule has 0 aliphatic heterocycles. The highest BCUT2D eigenvalue weighted by Gasteiger charge is 2.13. The summed E-state index contributed by atoms with van der Waals surface area (Å²) < 4.78 is 5.35. The van der Waals surface area contributed by atoms with Crippen LogP contribution >= 0.6 is 0 Å². The van der Waals surface area contributed by atoms with Gasteiger partial charge in [0.15, 0.2) is 0 Å². The molecule has 0 saturated heterocycles. The number of aromatic nitrogens is 3. The van der Waals surface area contributed by atoms with Gasteiger partial charge in [0.1, 0.15) is 5.70 Å². The second-order valence-electron chi connectivity index (χ2n) is 6.13. The third kappa shape index (κ3) is 3.92. The van der Waals surface area contributed by atoms with Gasteiger partial charge < -0.3 is 15.2 Å². The number of pyridine rings is 1. The number of nitrogens with two attached hydrogens (primary N) is 1. The molecule has 0 fully saturated rings. The van der Waals surface area contributed by atoms with Gasteiger partial charge in [0.05, 0.1) is 0 Å². The van der Waals surface area contributed by atoms with Crippen LogP contribution in [0.1, 0.15) is 23.9 Å². The number of hydrogen-bond acceptors (Lipinski definition) is 6. The molecular weight excluding hydrogens is 314 g/mol. The molecule has 128 valence electrons. The van der Waals surface area contributed by atoms with Gasteiger partial charge >= 0.3 is 0 Å². The summed E-state index contributed by atoms with van der Waals surface area (Å²) >= 11 is 0. The Morgan fingerprint density at radius 2 is 1.76 bits per heavy atom. The van der Waals surface area contributed by atoms with Gasteiger partial charge in [0.25, 0.3) is 5.89 Å². The molecular formula is C19H21N5O. The summed E-state index contributed by atoms with van der Waals surface area (Å²) in [6.45, 7) is 2.81.